The lowest BCUT2D eigenvalue weighted by Crippen LogP contribution is -2.50. The van der Waals surface area contributed by atoms with Crippen LogP contribution < -0.4 is 10.6 Å². The smallest absolute Gasteiger partial charge is 0.253 e. The van der Waals surface area contributed by atoms with E-state index in [1.165, 1.54) is 0 Å². The molecule has 0 radical (unpaired) electrons. The van der Waals surface area contributed by atoms with Crippen molar-refractivity contribution in [3.63, 3.8) is 0 Å². The summed E-state index contributed by atoms with van der Waals surface area (Å²) >= 11 is 6.14. The summed E-state index contributed by atoms with van der Waals surface area (Å²) in [6.45, 7) is 4.24. The normalized spacial score (nSPS) is 11.9. The summed E-state index contributed by atoms with van der Waals surface area (Å²) in [5.41, 5.74) is 2.60. The highest BCUT2D eigenvalue weighted by molar-refractivity contribution is 6.33. The highest BCUT2D eigenvalue weighted by Crippen LogP contribution is 2.24. The molecule has 0 aliphatic rings. The molecule has 0 spiro atoms. The van der Waals surface area contributed by atoms with Gasteiger partial charge in [-0.2, -0.15) is 0 Å². The van der Waals surface area contributed by atoms with Crippen molar-refractivity contribution in [2.75, 3.05) is 6.54 Å². The predicted octanol–water partition coefficient (Wildman–Crippen LogP) is 5.04. The minimum atomic E-state index is -0.670. The predicted molar refractivity (Wildman–Crippen MR) is 125 cm³/mol. The van der Waals surface area contributed by atoms with Crippen molar-refractivity contribution < 1.29 is 9.59 Å². The van der Waals surface area contributed by atoms with Crippen LogP contribution in [0.4, 0.5) is 0 Å². The number of rotatable bonds is 8. The second-order valence-corrected chi connectivity index (χ2v) is 8.20. The Morgan fingerprint density at radius 3 is 1.84 bits per heavy atom. The first kappa shape index (κ1) is 22.6. The largest absolute Gasteiger partial charge is 0.353 e. The molecule has 0 heterocycles. The molecule has 2 N–H and O–H groups in total. The van der Waals surface area contributed by atoms with Gasteiger partial charge in [0.25, 0.3) is 5.91 Å². The molecule has 4 nitrogen and oxygen atoms in total. The number of hydrogen-bond donors (Lipinski definition) is 2. The summed E-state index contributed by atoms with van der Waals surface area (Å²) in [6, 6.07) is 26.3. The minimum absolute atomic E-state index is 0.0124. The van der Waals surface area contributed by atoms with Crippen LogP contribution in [-0.4, -0.2) is 24.4 Å². The standard InChI is InChI=1S/C26H27ClN2O2/c1-18(2)24(29-25(30)21-15-9-10-16-23(21)27)26(31)28-17-22(19-11-5-3-6-12-19)20-13-7-4-8-14-20/h3-16,18,22,24H,17H2,1-2H3,(H,28,31)(H,29,30). The summed E-state index contributed by atoms with van der Waals surface area (Å²) in [6.07, 6.45) is 0. The van der Waals surface area contributed by atoms with Gasteiger partial charge in [-0.25, -0.2) is 0 Å². The zero-order valence-corrected chi connectivity index (χ0v) is 18.5. The Morgan fingerprint density at radius 1 is 0.806 bits per heavy atom. The van der Waals surface area contributed by atoms with E-state index in [1.807, 2.05) is 50.2 Å². The maximum absolute atomic E-state index is 13.0. The van der Waals surface area contributed by atoms with Gasteiger partial charge in [0.1, 0.15) is 6.04 Å². The van der Waals surface area contributed by atoms with Gasteiger partial charge in [0, 0.05) is 12.5 Å². The molecule has 0 aromatic heterocycles. The topological polar surface area (TPSA) is 58.2 Å². The maximum atomic E-state index is 13.0. The molecule has 0 bridgehead atoms. The first-order valence-corrected chi connectivity index (χ1v) is 10.8. The van der Waals surface area contributed by atoms with E-state index in [9.17, 15) is 9.59 Å². The van der Waals surface area contributed by atoms with Crippen LogP contribution in [0.2, 0.25) is 5.02 Å². The van der Waals surface area contributed by atoms with Gasteiger partial charge in [-0.3, -0.25) is 9.59 Å². The molecule has 0 aliphatic heterocycles. The second-order valence-electron chi connectivity index (χ2n) is 7.79. The van der Waals surface area contributed by atoms with Gasteiger partial charge in [-0.05, 0) is 29.2 Å². The molecule has 0 saturated heterocycles. The molecule has 0 saturated carbocycles. The van der Waals surface area contributed by atoms with Crippen molar-refractivity contribution >= 4 is 23.4 Å². The van der Waals surface area contributed by atoms with E-state index in [1.54, 1.807) is 24.3 Å². The monoisotopic (exact) mass is 434 g/mol. The van der Waals surface area contributed by atoms with Crippen LogP contribution in [0, 0.1) is 5.92 Å². The van der Waals surface area contributed by atoms with Crippen LogP contribution in [0.1, 0.15) is 41.3 Å². The molecule has 0 fully saturated rings. The SMILES string of the molecule is CC(C)C(NC(=O)c1ccccc1Cl)C(=O)NCC(c1ccccc1)c1ccccc1. The molecule has 2 amide bonds. The lowest BCUT2D eigenvalue weighted by Gasteiger charge is -2.24. The first-order valence-electron chi connectivity index (χ1n) is 10.4. The third-order valence-corrected chi connectivity index (χ3v) is 5.57. The second kappa shape index (κ2) is 10.8. The highest BCUT2D eigenvalue weighted by atomic mass is 35.5. The van der Waals surface area contributed by atoms with E-state index in [0.717, 1.165) is 11.1 Å². The van der Waals surface area contributed by atoms with Crippen LogP contribution >= 0.6 is 11.6 Å². The number of carbonyl (C=O) groups excluding carboxylic acids is 2. The Hall–Kier alpha value is -3.11. The van der Waals surface area contributed by atoms with E-state index in [-0.39, 0.29) is 23.7 Å². The molecule has 5 heteroatoms. The Labute approximate surface area is 188 Å². The average molecular weight is 435 g/mol. The van der Waals surface area contributed by atoms with Crippen molar-refractivity contribution in [1.29, 1.82) is 0 Å². The number of nitrogens with one attached hydrogen (secondary N) is 2. The van der Waals surface area contributed by atoms with Gasteiger partial charge in [0.05, 0.1) is 10.6 Å². The molecule has 160 valence electrons. The number of carbonyl (C=O) groups is 2. The highest BCUT2D eigenvalue weighted by Gasteiger charge is 2.26. The zero-order chi connectivity index (χ0) is 22.2. The fraction of sp³-hybridized carbons (Fsp3) is 0.231. The lowest BCUT2D eigenvalue weighted by atomic mass is 9.91. The van der Waals surface area contributed by atoms with E-state index < -0.39 is 6.04 Å². The molecule has 0 aliphatic carbocycles. The van der Waals surface area contributed by atoms with Gasteiger partial charge in [-0.1, -0.05) is 98.2 Å². The van der Waals surface area contributed by atoms with Crippen LogP contribution in [0.15, 0.2) is 84.9 Å². The number of amides is 2. The number of hydrogen-bond acceptors (Lipinski definition) is 2. The molecule has 1 atom stereocenters. The summed E-state index contributed by atoms with van der Waals surface area (Å²) in [7, 11) is 0. The summed E-state index contributed by atoms with van der Waals surface area (Å²) in [5, 5.41) is 6.24. The average Bonchev–Trinajstić information content (AvgIpc) is 2.79. The van der Waals surface area contributed by atoms with Gasteiger partial charge >= 0.3 is 0 Å². The molecule has 1 unspecified atom stereocenters. The summed E-state index contributed by atoms with van der Waals surface area (Å²) in [4.78, 5) is 25.7. The molecule has 3 rings (SSSR count). The maximum Gasteiger partial charge on any atom is 0.253 e. The molecule has 3 aromatic rings. The minimum Gasteiger partial charge on any atom is -0.353 e. The van der Waals surface area contributed by atoms with Crippen LogP contribution in [0.25, 0.3) is 0 Å². The Morgan fingerprint density at radius 2 is 1.32 bits per heavy atom. The van der Waals surface area contributed by atoms with E-state index >= 15 is 0 Å². The van der Waals surface area contributed by atoms with E-state index in [0.29, 0.717) is 17.1 Å². The molecule has 31 heavy (non-hydrogen) atoms. The van der Waals surface area contributed by atoms with Crippen molar-refractivity contribution in [2.24, 2.45) is 5.92 Å². The van der Waals surface area contributed by atoms with Crippen molar-refractivity contribution in [3.05, 3.63) is 107 Å². The number of halogens is 1. The molecular formula is C26H27ClN2O2. The van der Waals surface area contributed by atoms with Crippen molar-refractivity contribution in [3.8, 4) is 0 Å². The third kappa shape index (κ3) is 5.96. The van der Waals surface area contributed by atoms with Crippen LogP contribution in [0.5, 0.6) is 0 Å². The van der Waals surface area contributed by atoms with Gasteiger partial charge in [0.15, 0.2) is 0 Å². The summed E-state index contributed by atoms with van der Waals surface area (Å²) < 4.78 is 0. The summed E-state index contributed by atoms with van der Waals surface area (Å²) in [5.74, 6) is -0.647. The fourth-order valence-electron chi connectivity index (χ4n) is 3.51. The fourth-order valence-corrected chi connectivity index (χ4v) is 3.73. The lowest BCUT2D eigenvalue weighted by molar-refractivity contribution is -0.123. The van der Waals surface area contributed by atoms with E-state index in [2.05, 4.69) is 34.9 Å². The molecule has 3 aromatic carbocycles. The van der Waals surface area contributed by atoms with Crippen molar-refractivity contribution in [2.45, 2.75) is 25.8 Å². The van der Waals surface area contributed by atoms with E-state index in [4.69, 9.17) is 11.6 Å². The van der Waals surface area contributed by atoms with Crippen LogP contribution in [-0.2, 0) is 4.79 Å². The van der Waals surface area contributed by atoms with Gasteiger partial charge < -0.3 is 10.6 Å². The van der Waals surface area contributed by atoms with Crippen LogP contribution in [0.3, 0.4) is 0 Å². The van der Waals surface area contributed by atoms with Crippen molar-refractivity contribution in [1.82, 2.24) is 10.6 Å². The third-order valence-electron chi connectivity index (χ3n) is 5.24. The Kier molecular flexibility index (Phi) is 7.85. The Bertz CT molecular complexity index is 967. The Balaban J connectivity index is 1.73. The quantitative estimate of drug-likeness (QED) is 0.521. The zero-order valence-electron chi connectivity index (χ0n) is 17.7. The van der Waals surface area contributed by atoms with Gasteiger partial charge in [0.2, 0.25) is 5.91 Å². The molecular weight excluding hydrogens is 408 g/mol. The van der Waals surface area contributed by atoms with Gasteiger partial charge in [-0.15, -0.1) is 0 Å². The number of benzene rings is 3. The first-order chi connectivity index (χ1) is 15.0.